The van der Waals surface area contributed by atoms with Gasteiger partial charge in [0.25, 0.3) is 5.54 Å². The molecule has 1 atom stereocenters. The van der Waals surface area contributed by atoms with Gasteiger partial charge in [-0.25, -0.2) is 0 Å². The van der Waals surface area contributed by atoms with E-state index in [0.29, 0.717) is 0 Å². The van der Waals surface area contributed by atoms with E-state index in [1.807, 2.05) is 0 Å². The minimum atomic E-state index is -2.29. The predicted octanol–water partition coefficient (Wildman–Crippen LogP) is -2.31. The van der Waals surface area contributed by atoms with Crippen LogP contribution >= 0.6 is 0 Å². The van der Waals surface area contributed by atoms with Crippen molar-refractivity contribution >= 4 is 0 Å². The van der Waals surface area contributed by atoms with Crippen molar-refractivity contribution in [2.75, 3.05) is 13.2 Å². The Labute approximate surface area is 68.0 Å². The fourth-order valence-electron chi connectivity index (χ4n) is 0.727. The van der Waals surface area contributed by atoms with Crippen LogP contribution in [0.2, 0.25) is 0 Å². The van der Waals surface area contributed by atoms with Gasteiger partial charge in [-0.15, -0.1) is 0 Å². The summed E-state index contributed by atoms with van der Waals surface area (Å²) in [5.41, 5.74) is -2.27. The molecule has 0 spiro atoms. The standard InChI is InChI=1S/C5H11NO6/c7-2-1-5(3-8,4(9)10)6(11)12/h4,7-10H,1-3H2. The summed E-state index contributed by atoms with van der Waals surface area (Å²) in [5, 5.41) is 44.5. The van der Waals surface area contributed by atoms with Gasteiger partial charge in [0.15, 0.2) is 0 Å². The maximum absolute atomic E-state index is 10.3. The summed E-state index contributed by atoms with van der Waals surface area (Å²) in [5.74, 6) is 0. The maximum atomic E-state index is 10.3. The van der Waals surface area contributed by atoms with Gasteiger partial charge in [-0.3, -0.25) is 10.1 Å². The van der Waals surface area contributed by atoms with Crippen molar-refractivity contribution < 1.29 is 25.3 Å². The summed E-state index contributed by atoms with van der Waals surface area (Å²) in [7, 11) is 0. The summed E-state index contributed by atoms with van der Waals surface area (Å²) in [6, 6.07) is 0. The van der Waals surface area contributed by atoms with Crippen LogP contribution in [0.4, 0.5) is 0 Å². The molecule has 7 nitrogen and oxygen atoms in total. The molecule has 0 radical (unpaired) electrons. The van der Waals surface area contributed by atoms with Crippen molar-refractivity contribution in [2.45, 2.75) is 18.2 Å². The molecule has 0 aromatic heterocycles. The molecule has 12 heavy (non-hydrogen) atoms. The molecule has 4 N–H and O–H groups in total. The number of nitrogens with zero attached hydrogens (tertiary/aromatic N) is 1. The molecule has 0 bridgehead atoms. The lowest BCUT2D eigenvalue weighted by atomic mass is 9.97. The maximum Gasteiger partial charge on any atom is 0.296 e. The molecular weight excluding hydrogens is 170 g/mol. The van der Waals surface area contributed by atoms with E-state index < -0.39 is 36.4 Å². The smallest absolute Gasteiger partial charge is 0.296 e. The van der Waals surface area contributed by atoms with E-state index in [-0.39, 0.29) is 0 Å². The molecule has 0 aliphatic rings. The van der Waals surface area contributed by atoms with E-state index in [4.69, 9.17) is 20.4 Å². The lowest BCUT2D eigenvalue weighted by Crippen LogP contribution is -2.53. The van der Waals surface area contributed by atoms with Gasteiger partial charge in [0.05, 0.1) is 6.61 Å². The van der Waals surface area contributed by atoms with E-state index in [1.165, 1.54) is 0 Å². The summed E-state index contributed by atoms with van der Waals surface area (Å²) < 4.78 is 0. The third-order valence-electron chi connectivity index (χ3n) is 1.66. The Morgan fingerprint density at radius 1 is 1.42 bits per heavy atom. The highest BCUT2D eigenvalue weighted by Crippen LogP contribution is 2.17. The van der Waals surface area contributed by atoms with Gasteiger partial charge >= 0.3 is 0 Å². The summed E-state index contributed by atoms with van der Waals surface area (Å²) in [6.07, 6.45) is -2.79. The highest BCUT2D eigenvalue weighted by molar-refractivity contribution is 4.80. The van der Waals surface area contributed by atoms with Gasteiger partial charge in [-0.05, 0) is 0 Å². The second-order valence-electron chi connectivity index (χ2n) is 2.37. The Hall–Kier alpha value is -0.760. The molecule has 72 valence electrons. The minimum Gasteiger partial charge on any atom is -0.396 e. The zero-order valence-electron chi connectivity index (χ0n) is 6.25. The third-order valence-corrected chi connectivity index (χ3v) is 1.66. The molecule has 0 saturated heterocycles. The summed E-state index contributed by atoms with van der Waals surface area (Å²) in [4.78, 5) is 9.29. The average molecular weight is 181 g/mol. The van der Waals surface area contributed by atoms with Crippen LogP contribution < -0.4 is 0 Å². The fraction of sp³-hybridized carbons (Fsp3) is 1.00. The van der Waals surface area contributed by atoms with Crippen LogP contribution in [0, 0.1) is 10.1 Å². The number of aliphatic hydroxyl groups is 4. The normalized spacial score (nSPS) is 16.1. The number of rotatable bonds is 5. The highest BCUT2D eigenvalue weighted by atomic mass is 16.6. The fourth-order valence-corrected chi connectivity index (χ4v) is 0.727. The number of aliphatic hydroxyl groups excluding tert-OH is 3. The zero-order chi connectivity index (χ0) is 9.78. The van der Waals surface area contributed by atoms with Crippen molar-refractivity contribution in [2.24, 2.45) is 0 Å². The lowest BCUT2D eigenvalue weighted by molar-refractivity contribution is -0.600. The topological polar surface area (TPSA) is 124 Å². The van der Waals surface area contributed by atoms with Gasteiger partial charge in [0, 0.05) is 11.3 Å². The van der Waals surface area contributed by atoms with Crippen molar-refractivity contribution in [3.63, 3.8) is 0 Å². The second kappa shape index (κ2) is 4.31. The molecule has 7 heteroatoms. The van der Waals surface area contributed by atoms with Crippen LogP contribution in [0.15, 0.2) is 0 Å². The first kappa shape index (κ1) is 11.2. The molecule has 0 aliphatic heterocycles. The number of hydrogen-bond acceptors (Lipinski definition) is 6. The molecule has 0 aromatic carbocycles. The molecular formula is C5H11NO6. The highest BCUT2D eigenvalue weighted by Gasteiger charge is 2.48. The van der Waals surface area contributed by atoms with Gasteiger partial charge in [-0.2, -0.15) is 0 Å². The van der Waals surface area contributed by atoms with Crippen molar-refractivity contribution in [1.29, 1.82) is 0 Å². The Morgan fingerprint density at radius 2 is 1.92 bits per heavy atom. The third kappa shape index (κ3) is 1.89. The summed E-state index contributed by atoms with van der Waals surface area (Å²) >= 11 is 0. The lowest BCUT2D eigenvalue weighted by Gasteiger charge is -2.23. The van der Waals surface area contributed by atoms with Gasteiger partial charge in [-0.1, -0.05) is 0 Å². The first-order valence-electron chi connectivity index (χ1n) is 3.23. The van der Waals surface area contributed by atoms with E-state index in [9.17, 15) is 10.1 Å². The van der Waals surface area contributed by atoms with E-state index >= 15 is 0 Å². The second-order valence-corrected chi connectivity index (χ2v) is 2.37. The van der Waals surface area contributed by atoms with Crippen LogP contribution in [0.3, 0.4) is 0 Å². The van der Waals surface area contributed by atoms with E-state index in [1.54, 1.807) is 0 Å². The Morgan fingerprint density at radius 3 is 2.00 bits per heavy atom. The predicted molar refractivity (Wildman–Crippen MR) is 36.7 cm³/mol. The van der Waals surface area contributed by atoms with Gasteiger partial charge in [0.1, 0.15) is 6.61 Å². The van der Waals surface area contributed by atoms with Crippen LogP contribution in [0.5, 0.6) is 0 Å². The zero-order valence-corrected chi connectivity index (χ0v) is 6.25. The molecule has 1 unspecified atom stereocenters. The van der Waals surface area contributed by atoms with Gasteiger partial charge < -0.3 is 20.4 Å². The molecule has 0 heterocycles. The number of hydrogen-bond donors (Lipinski definition) is 4. The Kier molecular flexibility index (Phi) is 4.04. The van der Waals surface area contributed by atoms with Gasteiger partial charge in [0.2, 0.25) is 6.29 Å². The molecule has 0 aliphatic carbocycles. The van der Waals surface area contributed by atoms with Crippen LogP contribution in [-0.4, -0.2) is 50.4 Å². The monoisotopic (exact) mass is 181 g/mol. The molecule has 0 fully saturated rings. The first-order valence-corrected chi connectivity index (χ1v) is 3.23. The Bertz CT molecular complexity index is 160. The van der Waals surface area contributed by atoms with Crippen molar-refractivity contribution in [1.82, 2.24) is 0 Å². The van der Waals surface area contributed by atoms with E-state index in [2.05, 4.69) is 0 Å². The van der Waals surface area contributed by atoms with Crippen LogP contribution in [0.1, 0.15) is 6.42 Å². The molecule has 0 rings (SSSR count). The van der Waals surface area contributed by atoms with Crippen molar-refractivity contribution in [3.8, 4) is 0 Å². The van der Waals surface area contributed by atoms with Crippen molar-refractivity contribution in [3.05, 3.63) is 10.1 Å². The molecule has 0 amide bonds. The molecule has 0 aromatic rings. The summed E-state index contributed by atoms with van der Waals surface area (Å²) in [6.45, 7) is -1.63. The largest absolute Gasteiger partial charge is 0.396 e. The van der Waals surface area contributed by atoms with Crippen LogP contribution in [-0.2, 0) is 0 Å². The number of nitro groups is 1. The minimum absolute atomic E-state index is 0.506. The van der Waals surface area contributed by atoms with Crippen LogP contribution in [0.25, 0.3) is 0 Å². The first-order chi connectivity index (χ1) is 5.51. The molecule has 0 saturated carbocycles. The van der Waals surface area contributed by atoms with E-state index in [0.717, 1.165) is 0 Å². The Balaban J connectivity index is 4.63. The SMILES string of the molecule is O=[N+]([O-])C(CO)(CCO)C(O)O. The average Bonchev–Trinajstić information content (AvgIpc) is 1.98. The quantitative estimate of drug-likeness (QED) is 0.214.